The second kappa shape index (κ2) is 10.3. The van der Waals surface area contributed by atoms with Crippen LogP contribution in [0.5, 0.6) is 0 Å². The zero-order valence-electron chi connectivity index (χ0n) is 18.9. The number of anilines is 4. The number of rotatable bonds is 6. The quantitative estimate of drug-likeness (QED) is 0.408. The van der Waals surface area contributed by atoms with Crippen LogP contribution in [0.15, 0.2) is 85.2 Å². The van der Waals surface area contributed by atoms with Crippen LogP contribution in [0.25, 0.3) is 11.1 Å². The Balaban J connectivity index is 1.18. The Morgan fingerprint density at radius 3 is 2.23 bits per heavy atom. The minimum absolute atomic E-state index is 0.189. The minimum atomic E-state index is -0.307. The predicted octanol–water partition coefficient (Wildman–Crippen LogP) is 5.12. The molecule has 0 unspecified atom stereocenters. The summed E-state index contributed by atoms with van der Waals surface area (Å²) in [6.45, 7) is 3.20. The standard InChI is InChI=1S/C27H24FN5O2/c28-22-3-1-2-20(16-22)21-17-29-27(30-18-21)32-24-6-4-19(5-7-24)26(34)31-23-8-10-25(11-9-23)33-12-14-35-15-13-33/h1-11,16-18H,12-15H2,(H,31,34)(H,29,30,32). The lowest BCUT2D eigenvalue weighted by Gasteiger charge is -2.28. The van der Waals surface area contributed by atoms with E-state index in [4.69, 9.17) is 4.74 Å². The van der Waals surface area contributed by atoms with Gasteiger partial charge in [0.05, 0.1) is 13.2 Å². The Labute approximate surface area is 202 Å². The molecule has 35 heavy (non-hydrogen) atoms. The van der Waals surface area contributed by atoms with Gasteiger partial charge in [-0.05, 0) is 66.2 Å². The number of aromatic nitrogens is 2. The van der Waals surface area contributed by atoms with E-state index in [9.17, 15) is 9.18 Å². The van der Waals surface area contributed by atoms with Crippen molar-refractivity contribution in [3.8, 4) is 11.1 Å². The molecule has 1 saturated heterocycles. The maximum atomic E-state index is 13.4. The molecule has 0 atom stereocenters. The summed E-state index contributed by atoms with van der Waals surface area (Å²) >= 11 is 0. The third kappa shape index (κ3) is 5.62. The molecule has 7 nitrogen and oxygen atoms in total. The number of nitrogens with zero attached hydrogens (tertiary/aromatic N) is 3. The summed E-state index contributed by atoms with van der Waals surface area (Å²) in [4.78, 5) is 23.5. The average Bonchev–Trinajstić information content (AvgIpc) is 2.90. The van der Waals surface area contributed by atoms with Crippen LogP contribution in [-0.2, 0) is 4.74 Å². The lowest BCUT2D eigenvalue weighted by atomic mass is 10.1. The highest BCUT2D eigenvalue weighted by molar-refractivity contribution is 6.04. The number of halogens is 1. The van der Waals surface area contributed by atoms with E-state index in [1.807, 2.05) is 24.3 Å². The molecule has 3 aromatic carbocycles. The lowest BCUT2D eigenvalue weighted by molar-refractivity contribution is 0.102. The van der Waals surface area contributed by atoms with Crippen LogP contribution >= 0.6 is 0 Å². The van der Waals surface area contributed by atoms with Crippen LogP contribution in [0.3, 0.4) is 0 Å². The van der Waals surface area contributed by atoms with Gasteiger partial charge in [0, 0.05) is 53.7 Å². The first-order valence-electron chi connectivity index (χ1n) is 11.3. The Morgan fingerprint density at radius 2 is 1.54 bits per heavy atom. The summed E-state index contributed by atoms with van der Waals surface area (Å²) in [5.74, 6) is -0.0899. The topological polar surface area (TPSA) is 79.4 Å². The van der Waals surface area contributed by atoms with Crippen LogP contribution < -0.4 is 15.5 Å². The van der Waals surface area contributed by atoms with Crippen LogP contribution in [0.1, 0.15) is 10.4 Å². The van der Waals surface area contributed by atoms with Crippen molar-refractivity contribution in [3.05, 3.63) is 96.6 Å². The number of carbonyl (C=O) groups is 1. The Kier molecular flexibility index (Phi) is 6.63. The normalized spacial score (nSPS) is 13.3. The number of hydrogen-bond donors (Lipinski definition) is 2. The second-order valence-electron chi connectivity index (χ2n) is 8.11. The van der Waals surface area contributed by atoms with Crippen LogP contribution in [0, 0.1) is 5.82 Å². The molecular weight excluding hydrogens is 445 g/mol. The van der Waals surface area contributed by atoms with E-state index in [1.165, 1.54) is 12.1 Å². The van der Waals surface area contributed by atoms with Gasteiger partial charge in [0.25, 0.3) is 5.91 Å². The molecule has 1 aliphatic rings. The molecule has 5 rings (SSSR count). The molecule has 1 amide bonds. The molecule has 0 aliphatic carbocycles. The van der Waals surface area contributed by atoms with Gasteiger partial charge in [-0.25, -0.2) is 14.4 Å². The maximum Gasteiger partial charge on any atom is 0.255 e. The van der Waals surface area contributed by atoms with Gasteiger partial charge in [-0.2, -0.15) is 0 Å². The van der Waals surface area contributed by atoms with E-state index in [2.05, 4.69) is 25.5 Å². The number of hydrogen-bond acceptors (Lipinski definition) is 6. The number of ether oxygens (including phenoxy) is 1. The van der Waals surface area contributed by atoms with E-state index >= 15 is 0 Å². The molecule has 1 aromatic heterocycles. The molecular formula is C27H24FN5O2. The molecule has 0 radical (unpaired) electrons. The molecule has 0 bridgehead atoms. The van der Waals surface area contributed by atoms with Gasteiger partial charge >= 0.3 is 0 Å². The van der Waals surface area contributed by atoms with Gasteiger partial charge in [-0.1, -0.05) is 12.1 Å². The molecule has 2 heterocycles. The SMILES string of the molecule is O=C(Nc1ccc(N2CCOCC2)cc1)c1ccc(Nc2ncc(-c3cccc(F)c3)cn2)cc1. The molecule has 0 spiro atoms. The summed E-state index contributed by atoms with van der Waals surface area (Å²) < 4.78 is 18.8. The summed E-state index contributed by atoms with van der Waals surface area (Å²) in [7, 11) is 0. The van der Waals surface area contributed by atoms with Gasteiger partial charge in [0.2, 0.25) is 5.95 Å². The minimum Gasteiger partial charge on any atom is -0.378 e. The van der Waals surface area contributed by atoms with E-state index in [0.29, 0.717) is 17.1 Å². The van der Waals surface area contributed by atoms with Crippen LogP contribution in [-0.4, -0.2) is 42.2 Å². The first-order chi connectivity index (χ1) is 17.1. The van der Waals surface area contributed by atoms with Crippen molar-refractivity contribution >= 4 is 28.9 Å². The summed E-state index contributed by atoms with van der Waals surface area (Å²) in [6.07, 6.45) is 3.27. The maximum absolute atomic E-state index is 13.4. The molecule has 8 heteroatoms. The van der Waals surface area contributed by atoms with E-state index < -0.39 is 0 Å². The highest BCUT2D eigenvalue weighted by atomic mass is 19.1. The first-order valence-corrected chi connectivity index (χ1v) is 11.3. The molecule has 4 aromatic rings. The van der Waals surface area contributed by atoms with Crippen molar-refractivity contribution in [1.82, 2.24) is 9.97 Å². The van der Waals surface area contributed by atoms with Crippen molar-refractivity contribution < 1.29 is 13.9 Å². The predicted molar refractivity (Wildman–Crippen MR) is 135 cm³/mol. The highest BCUT2D eigenvalue weighted by Gasteiger charge is 2.12. The van der Waals surface area contributed by atoms with Gasteiger partial charge < -0.3 is 20.3 Å². The number of nitrogens with one attached hydrogen (secondary N) is 2. The van der Waals surface area contributed by atoms with Crippen molar-refractivity contribution in [2.75, 3.05) is 41.8 Å². The van der Waals surface area contributed by atoms with Gasteiger partial charge in [0.1, 0.15) is 5.82 Å². The van der Waals surface area contributed by atoms with Crippen molar-refractivity contribution in [3.63, 3.8) is 0 Å². The van der Waals surface area contributed by atoms with E-state index in [-0.39, 0.29) is 11.7 Å². The zero-order valence-corrected chi connectivity index (χ0v) is 18.9. The van der Waals surface area contributed by atoms with Gasteiger partial charge in [-0.3, -0.25) is 4.79 Å². The smallest absolute Gasteiger partial charge is 0.255 e. The highest BCUT2D eigenvalue weighted by Crippen LogP contribution is 2.22. The van der Waals surface area contributed by atoms with Crippen molar-refractivity contribution in [1.29, 1.82) is 0 Å². The summed E-state index contributed by atoms with van der Waals surface area (Å²) in [5, 5.41) is 6.03. The Hall–Kier alpha value is -4.30. The van der Waals surface area contributed by atoms with Crippen LogP contribution in [0.4, 0.5) is 27.4 Å². The largest absolute Gasteiger partial charge is 0.378 e. The van der Waals surface area contributed by atoms with Crippen molar-refractivity contribution in [2.45, 2.75) is 0 Å². The fourth-order valence-electron chi connectivity index (χ4n) is 3.82. The average molecular weight is 470 g/mol. The van der Waals surface area contributed by atoms with Gasteiger partial charge in [-0.15, -0.1) is 0 Å². The Morgan fingerprint density at radius 1 is 0.857 bits per heavy atom. The first kappa shape index (κ1) is 22.5. The number of carbonyl (C=O) groups excluding carboxylic acids is 1. The molecule has 2 N–H and O–H groups in total. The Bertz CT molecular complexity index is 1290. The van der Waals surface area contributed by atoms with E-state index in [0.717, 1.165) is 48.9 Å². The fourth-order valence-corrected chi connectivity index (χ4v) is 3.82. The summed E-state index contributed by atoms with van der Waals surface area (Å²) in [6, 6.07) is 21.2. The van der Waals surface area contributed by atoms with E-state index in [1.54, 1.807) is 48.8 Å². The van der Waals surface area contributed by atoms with Gasteiger partial charge in [0.15, 0.2) is 0 Å². The second-order valence-corrected chi connectivity index (χ2v) is 8.11. The number of morpholine rings is 1. The zero-order chi connectivity index (χ0) is 24.0. The molecule has 1 fully saturated rings. The van der Waals surface area contributed by atoms with Crippen molar-refractivity contribution in [2.24, 2.45) is 0 Å². The summed E-state index contributed by atoms with van der Waals surface area (Å²) in [5.41, 5.74) is 4.57. The fraction of sp³-hybridized carbons (Fsp3) is 0.148. The van der Waals surface area contributed by atoms with Crippen LogP contribution in [0.2, 0.25) is 0 Å². The third-order valence-corrected chi connectivity index (χ3v) is 5.71. The lowest BCUT2D eigenvalue weighted by Crippen LogP contribution is -2.36. The third-order valence-electron chi connectivity index (χ3n) is 5.71. The monoisotopic (exact) mass is 469 g/mol. The molecule has 1 aliphatic heterocycles. The number of benzene rings is 3. The molecule has 176 valence electrons. The molecule has 0 saturated carbocycles. The number of amides is 1.